The van der Waals surface area contributed by atoms with Crippen molar-refractivity contribution in [3.63, 3.8) is 0 Å². The molecule has 9 heteroatoms. The highest BCUT2D eigenvalue weighted by atomic mass is 35.5. The van der Waals surface area contributed by atoms with Crippen LogP contribution in [-0.2, 0) is 4.79 Å². The van der Waals surface area contributed by atoms with Gasteiger partial charge in [-0.25, -0.2) is 4.39 Å². The van der Waals surface area contributed by atoms with E-state index >= 15 is 0 Å². The minimum absolute atomic E-state index is 0.0285. The first-order chi connectivity index (χ1) is 14.3. The molecule has 1 heterocycles. The van der Waals surface area contributed by atoms with Gasteiger partial charge in [-0.05, 0) is 42.7 Å². The summed E-state index contributed by atoms with van der Waals surface area (Å²) in [6.07, 6.45) is 2.75. The molecule has 2 fully saturated rings. The Morgan fingerprint density at radius 1 is 1.40 bits per heavy atom. The van der Waals surface area contributed by atoms with E-state index in [9.17, 15) is 19.4 Å². The molecule has 5 atom stereocenters. The highest BCUT2D eigenvalue weighted by molar-refractivity contribution is 6.30. The highest BCUT2D eigenvalue weighted by Gasteiger charge is 2.49. The Morgan fingerprint density at radius 2 is 2.13 bits per heavy atom. The van der Waals surface area contributed by atoms with Crippen molar-refractivity contribution < 1.29 is 24.5 Å². The van der Waals surface area contributed by atoms with Crippen molar-refractivity contribution in [1.82, 2.24) is 10.6 Å². The van der Waals surface area contributed by atoms with Crippen molar-refractivity contribution in [1.29, 1.82) is 0 Å². The third kappa shape index (κ3) is 4.79. The Morgan fingerprint density at radius 3 is 2.73 bits per heavy atom. The Balaban J connectivity index is 1.81. The molecule has 2 aliphatic rings. The third-order valence-corrected chi connectivity index (χ3v) is 6.94. The predicted molar refractivity (Wildman–Crippen MR) is 112 cm³/mol. The largest absolute Gasteiger partial charge is 0.396 e. The van der Waals surface area contributed by atoms with Gasteiger partial charge in [-0.1, -0.05) is 30.2 Å². The molecule has 0 aromatic heterocycles. The van der Waals surface area contributed by atoms with Crippen LogP contribution in [0.25, 0.3) is 0 Å². The lowest BCUT2D eigenvalue weighted by molar-refractivity contribution is -0.123. The van der Waals surface area contributed by atoms with Crippen molar-refractivity contribution in [2.75, 3.05) is 19.8 Å². The summed E-state index contributed by atoms with van der Waals surface area (Å²) in [7, 11) is 0. The minimum atomic E-state index is -0.916. The van der Waals surface area contributed by atoms with Crippen molar-refractivity contribution in [2.45, 2.75) is 62.3 Å². The summed E-state index contributed by atoms with van der Waals surface area (Å²) in [5, 5.41) is 34.2. The molecule has 1 aromatic rings. The number of hydrogen-bond acceptors (Lipinski definition) is 6. The van der Waals surface area contributed by atoms with Crippen LogP contribution in [0, 0.1) is 11.2 Å². The molecule has 1 saturated heterocycles. The number of halogens is 2. The fourth-order valence-corrected chi connectivity index (χ4v) is 4.83. The lowest BCUT2D eigenvalue weighted by Crippen LogP contribution is -2.48. The molecule has 168 valence electrons. The SMILES string of the molecule is NC1[C@H](CC2(CO)CCC2)N[C@@H](C(=O)NCC[C@H](O)CO)[C@@H]1c1cccc(Cl)c1F. The quantitative estimate of drug-likeness (QED) is 0.332. The zero-order valence-electron chi connectivity index (χ0n) is 16.9. The van der Waals surface area contributed by atoms with Gasteiger partial charge in [-0.2, -0.15) is 0 Å². The van der Waals surface area contributed by atoms with E-state index in [-0.39, 0.29) is 54.1 Å². The number of hydrogen-bond donors (Lipinski definition) is 6. The number of amides is 1. The zero-order chi connectivity index (χ0) is 21.9. The van der Waals surface area contributed by atoms with Crippen LogP contribution in [0.3, 0.4) is 0 Å². The van der Waals surface area contributed by atoms with E-state index in [1.807, 2.05) is 0 Å². The predicted octanol–water partition coefficient (Wildman–Crippen LogP) is 0.643. The van der Waals surface area contributed by atoms with Crippen LogP contribution in [0.2, 0.25) is 5.02 Å². The normalized spacial score (nSPS) is 28.7. The van der Waals surface area contributed by atoms with Gasteiger partial charge in [0.25, 0.3) is 0 Å². The molecule has 1 unspecified atom stereocenters. The second-order valence-corrected chi connectivity index (χ2v) is 9.04. The Kier molecular flexibility index (Phi) is 7.71. The summed E-state index contributed by atoms with van der Waals surface area (Å²) >= 11 is 5.98. The second-order valence-electron chi connectivity index (χ2n) is 8.63. The van der Waals surface area contributed by atoms with Crippen molar-refractivity contribution >= 4 is 17.5 Å². The van der Waals surface area contributed by atoms with Crippen LogP contribution in [0.15, 0.2) is 18.2 Å². The Bertz CT molecular complexity index is 743. The number of benzene rings is 1. The van der Waals surface area contributed by atoms with Gasteiger partial charge in [-0.3, -0.25) is 4.79 Å². The standard InChI is InChI=1S/C21H31ClFN3O4/c22-14-4-1-3-13(17(14)23)16-18(24)15(9-21(11-28)6-2-7-21)26-19(16)20(30)25-8-5-12(29)10-27/h1,3-4,12,15-16,18-19,26-29H,2,5-11,24H2,(H,25,30)/t12-,15-,16+,18?,19+/m0/s1. The minimum Gasteiger partial charge on any atom is -0.396 e. The van der Waals surface area contributed by atoms with Crippen LogP contribution in [0.4, 0.5) is 4.39 Å². The molecular weight excluding hydrogens is 413 g/mol. The van der Waals surface area contributed by atoms with E-state index in [0.29, 0.717) is 6.42 Å². The van der Waals surface area contributed by atoms with Crippen molar-refractivity contribution in [2.24, 2.45) is 11.1 Å². The van der Waals surface area contributed by atoms with Gasteiger partial charge in [0.05, 0.1) is 23.8 Å². The monoisotopic (exact) mass is 443 g/mol. The maximum absolute atomic E-state index is 14.8. The molecule has 1 aromatic carbocycles. The first-order valence-corrected chi connectivity index (χ1v) is 10.8. The summed E-state index contributed by atoms with van der Waals surface area (Å²) in [6.45, 7) is -0.155. The zero-order valence-corrected chi connectivity index (χ0v) is 17.6. The van der Waals surface area contributed by atoms with Gasteiger partial charge in [0.2, 0.25) is 5.91 Å². The number of nitrogens with two attached hydrogens (primary N) is 1. The lowest BCUT2D eigenvalue weighted by Gasteiger charge is -2.43. The fraction of sp³-hybridized carbons (Fsp3) is 0.667. The number of carbonyl (C=O) groups excluding carboxylic acids is 1. The van der Waals surface area contributed by atoms with Gasteiger partial charge in [0.15, 0.2) is 0 Å². The summed E-state index contributed by atoms with van der Waals surface area (Å²) < 4.78 is 14.8. The van der Waals surface area contributed by atoms with E-state index in [0.717, 1.165) is 19.3 Å². The average molecular weight is 444 g/mol. The molecule has 0 bridgehead atoms. The van der Waals surface area contributed by atoms with Crippen LogP contribution < -0.4 is 16.4 Å². The lowest BCUT2D eigenvalue weighted by atomic mass is 9.65. The van der Waals surface area contributed by atoms with Crippen LogP contribution in [0.1, 0.15) is 43.6 Å². The molecule has 3 rings (SSSR count). The van der Waals surface area contributed by atoms with Gasteiger partial charge in [0.1, 0.15) is 5.82 Å². The molecule has 1 aliphatic carbocycles. The fourth-order valence-electron chi connectivity index (χ4n) is 4.65. The second kappa shape index (κ2) is 9.89. The van der Waals surface area contributed by atoms with E-state index in [1.165, 1.54) is 6.07 Å². The molecule has 1 saturated carbocycles. The van der Waals surface area contributed by atoms with E-state index in [2.05, 4.69) is 10.6 Å². The Hall–Kier alpha value is -1.29. The van der Waals surface area contributed by atoms with E-state index in [4.69, 9.17) is 22.4 Å². The van der Waals surface area contributed by atoms with E-state index < -0.39 is 29.9 Å². The van der Waals surface area contributed by atoms with Gasteiger partial charge < -0.3 is 31.7 Å². The number of rotatable bonds is 9. The van der Waals surface area contributed by atoms with Crippen molar-refractivity contribution in [3.05, 3.63) is 34.6 Å². The molecule has 30 heavy (non-hydrogen) atoms. The molecule has 0 radical (unpaired) electrons. The smallest absolute Gasteiger partial charge is 0.237 e. The average Bonchev–Trinajstić information content (AvgIpc) is 3.02. The molecule has 7 nitrogen and oxygen atoms in total. The number of aliphatic hydroxyl groups excluding tert-OH is 3. The summed E-state index contributed by atoms with van der Waals surface area (Å²) in [6, 6.07) is 3.10. The third-order valence-electron chi connectivity index (χ3n) is 6.65. The maximum Gasteiger partial charge on any atom is 0.237 e. The van der Waals surface area contributed by atoms with Crippen LogP contribution in [0.5, 0.6) is 0 Å². The van der Waals surface area contributed by atoms with Gasteiger partial charge >= 0.3 is 0 Å². The first kappa shape index (κ1) is 23.4. The maximum atomic E-state index is 14.8. The van der Waals surface area contributed by atoms with E-state index in [1.54, 1.807) is 12.1 Å². The van der Waals surface area contributed by atoms with Crippen LogP contribution in [-0.4, -0.2) is 65.2 Å². The number of nitrogens with one attached hydrogen (secondary N) is 2. The molecule has 7 N–H and O–H groups in total. The van der Waals surface area contributed by atoms with Gasteiger partial charge in [0, 0.05) is 31.2 Å². The molecular formula is C21H31ClFN3O4. The first-order valence-electron chi connectivity index (χ1n) is 10.4. The summed E-state index contributed by atoms with van der Waals surface area (Å²) in [4.78, 5) is 12.9. The Labute approximate surface area is 180 Å². The summed E-state index contributed by atoms with van der Waals surface area (Å²) in [5.41, 5.74) is 6.61. The molecule has 1 aliphatic heterocycles. The van der Waals surface area contributed by atoms with Crippen LogP contribution >= 0.6 is 11.6 Å². The number of carbonyl (C=O) groups is 1. The molecule has 1 amide bonds. The number of aliphatic hydroxyl groups is 3. The van der Waals surface area contributed by atoms with Crippen molar-refractivity contribution in [3.8, 4) is 0 Å². The summed E-state index contributed by atoms with van der Waals surface area (Å²) in [5.74, 6) is -1.57. The topological polar surface area (TPSA) is 128 Å². The molecule has 0 spiro atoms. The highest BCUT2D eigenvalue weighted by Crippen LogP contribution is 2.46. The van der Waals surface area contributed by atoms with Gasteiger partial charge in [-0.15, -0.1) is 0 Å².